The summed E-state index contributed by atoms with van der Waals surface area (Å²) in [4.78, 5) is 20.7. The first-order chi connectivity index (χ1) is 12.1. The molecule has 1 saturated heterocycles. The highest BCUT2D eigenvalue weighted by molar-refractivity contribution is 7.98. The quantitative estimate of drug-likeness (QED) is 0.652. The molecule has 132 valence electrons. The summed E-state index contributed by atoms with van der Waals surface area (Å²) in [6, 6.07) is 2.36. The lowest BCUT2D eigenvalue weighted by Crippen LogP contribution is -2.28. The highest BCUT2D eigenvalue weighted by Crippen LogP contribution is 2.38. The molecule has 2 aromatic heterocycles. The van der Waals surface area contributed by atoms with Crippen LogP contribution in [0.5, 0.6) is 0 Å². The summed E-state index contributed by atoms with van der Waals surface area (Å²) in [6.45, 7) is 6.12. The summed E-state index contributed by atoms with van der Waals surface area (Å²) in [6.07, 6.45) is 7.43. The van der Waals surface area contributed by atoms with Crippen LogP contribution < -0.4 is 10.2 Å². The lowest BCUT2D eigenvalue weighted by molar-refractivity contribution is 0.789. The number of anilines is 2. The van der Waals surface area contributed by atoms with Gasteiger partial charge in [0, 0.05) is 42.5 Å². The van der Waals surface area contributed by atoms with Crippen molar-refractivity contribution >= 4 is 23.4 Å². The summed E-state index contributed by atoms with van der Waals surface area (Å²) in [7, 11) is 0. The second-order valence-electron chi connectivity index (χ2n) is 6.89. The van der Waals surface area contributed by atoms with Crippen molar-refractivity contribution in [2.24, 2.45) is 0 Å². The van der Waals surface area contributed by atoms with Crippen LogP contribution in [0.4, 0.5) is 11.6 Å². The van der Waals surface area contributed by atoms with Crippen LogP contribution >= 0.6 is 11.8 Å². The average molecular weight is 356 g/mol. The van der Waals surface area contributed by atoms with Gasteiger partial charge in [-0.1, -0.05) is 11.8 Å². The Morgan fingerprint density at radius 2 is 2.00 bits per heavy atom. The zero-order valence-corrected chi connectivity index (χ0v) is 15.8. The zero-order chi connectivity index (χ0) is 17.4. The molecule has 1 atom stereocenters. The van der Waals surface area contributed by atoms with Gasteiger partial charge in [-0.05, 0) is 45.4 Å². The van der Waals surface area contributed by atoms with Gasteiger partial charge in [-0.3, -0.25) is 0 Å². The molecule has 1 aliphatic heterocycles. The molecule has 6 nitrogen and oxygen atoms in total. The fraction of sp³-hybridized carbons (Fsp3) is 0.556. The summed E-state index contributed by atoms with van der Waals surface area (Å²) in [5, 5.41) is 4.43. The van der Waals surface area contributed by atoms with E-state index in [2.05, 4.69) is 39.0 Å². The van der Waals surface area contributed by atoms with E-state index in [0.29, 0.717) is 12.0 Å². The van der Waals surface area contributed by atoms with E-state index in [9.17, 15) is 0 Å². The van der Waals surface area contributed by atoms with Gasteiger partial charge in [-0.15, -0.1) is 0 Å². The van der Waals surface area contributed by atoms with Crippen LogP contribution in [0, 0.1) is 13.8 Å². The van der Waals surface area contributed by atoms with E-state index in [1.165, 1.54) is 18.4 Å². The largest absolute Gasteiger partial charge is 0.365 e. The Balaban J connectivity index is 1.46. The van der Waals surface area contributed by atoms with Gasteiger partial charge < -0.3 is 10.2 Å². The number of nitrogens with zero attached hydrogens (tertiary/aromatic N) is 5. The van der Waals surface area contributed by atoms with Crippen molar-refractivity contribution in [1.82, 2.24) is 19.9 Å². The fourth-order valence-corrected chi connectivity index (χ4v) is 3.67. The van der Waals surface area contributed by atoms with E-state index < -0.39 is 0 Å². The Kier molecular flexibility index (Phi) is 4.50. The van der Waals surface area contributed by atoms with E-state index in [0.717, 1.165) is 47.8 Å². The minimum Gasteiger partial charge on any atom is -0.365 e. The summed E-state index contributed by atoms with van der Waals surface area (Å²) >= 11 is 1.60. The lowest BCUT2D eigenvalue weighted by atomic mass is 10.2. The van der Waals surface area contributed by atoms with E-state index in [1.54, 1.807) is 11.8 Å². The molecule has 0 amide bonds. The molecular weight excluding hydrogens is 332 g/mol. The normalized spacial score (nSPS) is 20.1. The Bertz CT molecular complexity index is 776. The standard InChI is InChI=1S/C18H24N6S/c1-11-12(2)20-18(25-3)23-17(11)24-9-7-14(10-24)21-15-6-8-19-16(22-15)13-4-5-13/h6,8,13-14H,4-5,7,9-10H2,1-3H3,(H,19,21,22). The molecule has 2 aromatic rings. The smallest absolute Gasteiger partial charge is 0.189 e. The maximum atomic E-state index is 4.75. The molecule has 0 bridgehead atoms. The van der Waals surface area contributed by atoms with Crippen LogP contribution in [-0.4, -0.2) is 45.3 Å². The molecule has 1 unspecified atom stereocenters. The number of nitrogens with one attached hydrogen (secondary N) is 1. The maximum Gasteiger partial charge on any atom is 0.189 e. The zero-order valence-electron chi connectivity index (χ0n) is 15.0. The predicted octanol–water partition coefficient (Wildman–Crippen LogP) is 3.17. The number of rotatable bonds is 5. The molecule has 2 aliphatic rings. The Morgan fingerprint density at radius 1 is 1.16 bits per heavy atom. The van der Waals surface area contributed by atoms with E-state index in [-0.39, 0.29) is 0 Å². The first-order valence-corrected chi connectivity index (χ1v) is 10.1. The molecule has 0 radical (unpaired) electrons. The molecule has 3 heterocycles. The maximum absolute atomic E-state index is 4.75. The summed E-state index contributed by atoms with van der Waals surface area (Å²) in [5.41, 5.74) is 2.24. The number of aryl methyl sites for hydroxylation is 1. The van der Waals surface area contributed by atoms with Crippen molar-refractivity contribution in [3.63, 3.8) is 0 Å². The first-order valence-electron chi connectivity index (χ1n) is 8.87. The second kappa shape index (κ2) is 6.78. The molecule has 1 aliphatic carbocycles. The van der Waals surface area contributed by atoms with Gasteiger partial charge in [-0.2, -0.15) is 0 Å². The highest BCUT2D eigenvalue weighted by atomic mass is 32.2. The molecule has 0 aromatic carbocycles. The Morgan fingerprint density at radius 3 is 2.76 bits per heavy atom. The molecule has 25 heavy (non-hydrogen) atoms. The van der Waals surface area contributed by atoms with Crippen molar-refractivity contribution in [2.75, 3.05) is 29.6 Å². The monoisotopic (exact) mass is 356 g/mol. The third kappa shape index (κ3) is 3.56. The minimum absolute atomic E-state index is 0.384. The van der Waals surface area contributed by atoms with Crippen molar-refractivity contribution < 1.29 is 0 Å². The number of aromatic nitrogens is 4. The predicted molar refractivity (Wildman–Crippen MR) is 102 cm³/mol. The third-order valence-corrected chi connectivity index (χ3v) is 5.53. The molecule has 1 N–H and O–H groups in total. The van der Waals surface area contributed by atoms with E-state index in [4.69, 9.17) is 4.98 Å². The van der Waals surface area contributed by atoms with Crippen molar-refractivity contribution in [3.8, 4) is 0 Å². The Hall–Kier alpha value is -1.89. The molecule has 4 rings (SSSR count). The van der Waals surface area contributed by atoms with Crippen LogP contribution in [0.1, 0.15) is 42.3 Å². The van der Waals surface area contributed by atoms with Crippen molar-refractivity contribution in [1.29, 1.82) is 0 Å². The first kappa shape index (κ1) is 16.6. The topological polar surface area (TPSA) is 66.8 Å². The molecule has 2 fully saturated rings. The van der Waals surface area contributed by atoms with E-state index in [1.807, 2.05) is 18.5 Å². The average Bonchev–Trinajstić information content (AvgIpc) is 3.38. The second-order valence-corrected chi connectivity index (χ2v) is 7.67. The van der Waals surface area contributed by atoms with Crippen molar-refractivity contribution in [2.45, 2.75) is 50.2 Å². The van der Waals surface area contributed by atoms with Gasteiger partial charge in [0.25, 0.3) is 0 Å². The fourth-order valence-electron chi connectivity index (χ4n) is 3.26. The highest BCUT2D eigenvalue weighted by Gasteiger charge is 2.28. The number of hydrogen-bond donors (Lipinski definition) is 1. The van der Waals surface area contributed by atoms with Gasteiger partial charge >= 0.3 is 0 Å². The number of hydrogen-bond acceptors (Lipinski definition) is 7. The lowest BCUT2D eigenvalue weighted by Gasteiger charge is -2.21. The molecule has 0 spiro atoms. The van der Waals surface area contributed by atoms with Crippen molar-refractivity contribution in [3.05, 3.63) is 29.3 Å². The molecule has 1 saturated carbocycles. The third-order valence-electron chi connectivity index (χ3n) is 4.98. The molecular formula is C18H24N6S. The van der Waals surface area contributed by atoms with Crippen LogP contribution in [0.25, 0.3) is 0 Å². The number of thioether (sulfide) groups is 1. The van der Waals surface area contributed by atoms with Gasteiger partial charge in [-0.25, -0.2) is 19.9 Å². The van der Waals surface area contributed by atoms with Crippen LogP contribution in [0.15, 0.2) is 17.4 Å². The summed E-state index contributed by atoms with van der Waals surface area (Å²) in [5.74, 6) is 3.59. The van der Waals surface area contributed by atoms with Gasteiger partial charge in [0.05, 0.1) is 0 Å². The molecule has 7 heteroatoms. The van der Waals surface area contributed by atoms with Crippen LogP contribution in [0.2, 0.25) is 0 Å². The van der Waals surface area contributed by atoms with Crippen LogP contribution in [-0.2, 0) is 0 Å². The summed E-state index contributed by atoms with van der Waals surface area (Å²) < 4.78 is 0. The van der Waals surface area contributed by atoms with Crippen LogP contribution in [0.3, 0.4) is 0 Å². The Labute approximate surface area is 152 Å². The van der Waals surface area contributed by atoms with Gasteiger partial charge in [0.15, 0.2) is 5.16 Å². The minimum atomic E-state index is 0.384. The SMILES string of the molecule is CSc1nc(C)c(C)c(N2CCC(Nc3ccnc(C4CC4)n3)C2)n1. The van der Waals surface area contributed by atoms with E-state index >= 15 is 0 Å². The van der Waals surface area contributed by atoms with Gasteiger partial charge in [0.1, 0.15) is 17.5 Å². The van der Waals surface area contributed by atoms with Gasteiger partial charge in [0.2, 0.25) is 0 Å².